The minimum Gasteiger partial charge on any atom is -0.474 e. The molecule has 1 aliphatic heterocycles. The summed E-state index contributed by atoms with van der Waals surface area (Å²) in [5.41, 5.74) is 2.27. The molecule has 142 valence electrons. The maximum atomic E-state index is 5.86. The normalized spacial score (nSPS) is 25.3. The molecule has 0 bridgehead atoms. The highest BCUT2D eigenvalue weighted by Crippen LogP contribution is 2.45. The molecule has 3 aliphatic rings. The fourth-order valence-electron chi connectivity index (χ4n) is 5.38. The van der Waals surface area contributed by atoms with Crippen LogP contribution in [0.1, 0.15) is 94.9 Å². The summed E-state index contributed by atoms with van der Waals surface area (Å²) in [4.78, 5) is 9.85. The second kappa shape index (κ2) is 8.54. The van der Waals surface area contributed by atoms with E-state index < -0.39 is 0 Å². The predicted molar refractivity (Wildman–Crippen MR) is 107 cm³/mol. The first-order chi connectivity index (χ1) is 12.8. The summed E-state index contributed by atoms with van der Waals surface area (Å²) in [6.07, 6.45) is 15.1. The van der Waals surface area contributed by atoms with Crippen LogP contribution in [-0.2, 0) is 4.74 Å². The van der Waals surface area contributed by atoms with Crippen molar-refractivity contribution < 1.29 is 4.74 Å². The van der Waals surface area contributed by atoms with Gasteiger partial charge in [0.25, 0.3) is 0 Å². The van der Waals surface area contributed by atoms with Crippen molar-refractivity contribution in [3.05, 3.63) is 29.6 Å². The molecule has 3 heteroatoms. The van der Waals surface area contributed by atoms with E-state index in [4.69, 9.17) is 14.7 Å². The summed E-state index contributed by atoms with van der Waals surface area (Å²) >= 11 is 0. The Hall–Kier alpha value is -1.38. The maximum Gasteiger partial charge on any atom is 0.235 e. The summed E-state index contributed by atoms with van der Waals surface area (Å²) in [7, 11) is 0. The fraction of sp³-hybridized carbons (Fsp3) is 0.739. The zero-order chi connectivity index (χ0) is 17.8. The molecule has 0 N–H and O–H groups in total. The van der Waals surface area contributed by atoms with Crippen molar-refractivity contribution in [1.29, 1.82) is 0 Å². The highest BCUT2D eigenvalue weighted by atomic mass is 16.5. The first kappa shape index (κ1) is 18.0. The van der Waals surface area contributed by atoms with E-state index in [1.165, 1.54) is 69.9 Å². The quantitative estimate of drug-likeness (QED) is 0.661. The molecule has 4 rings (SSSR count). The summed E-state index contributed by atoms with van der Waals surface area (Å²) in [6, 6.07) is 6.85. The minimum absolute atomic E-state index is 0.308. The van der Waals surface area contributed by atoms with Crippen molar-refractivity contribution >= 4 is 5.90 Å². The fourth-order valence-corrected chi connectivity index (χ4v) is 5.38. The lowest BCUT2D eigenvalue weighted by molar-refractivity contribution is 0.199. The third kappa shape index (κ3) is 3.97. The first-order valence-corrected chi connectivity index (χ1v) is 11.0. The van der Waals surface area contributed by atoms with Crippen molar-refractivity contribution in [3.63, 3.8) is 0 Å². The second-order valence-corrected chi connectivity index (χ2v) is 8.58. The van der Waals surface area contributed by atoms with Gasteiger partial charge in [-0.15, -0.1) is 0 Å². The molecule has 26 heavy (non-hydrogen) atoms. The van der Waals surface area contributed by atoms with E-state index in [9.17, 15) is 0 Å². The molecular formula is C23H34N2O. The van der Waals surface area contributed by atoms with Crippen molar-refractivity contribution in [1.82, 2.24) is 4.98 Å². The number of hydrogen-bond acceptors (Lipinski definition) is 3. The molecule has 0 spiro atoms. The molecule has 0 aromatic carbocycles. The molecule has 0 amide bonds. The number of pyridine rings is 1. The SMILES string of the molecule is CC[C@H]1COC(c2cccc(C(C3CCCCC3)C3CCCCC3)n2)=N1. The Morgan fingerprint density at radius 2 is 1.62 bits per heavy atom. The topological polar surface area (TPSA) is 34.5 Å². The maximum absolute atomic E-state index is 5.86. The van der Waals surface area contributed by atoms with Crippen molar-refractivity contribution in [2.75, 3.05) is 6.61 Å². The van der Waals surface area contributed by atoms with Crippen LogP contribution < -0.4 is 0 Å². The van der Waals surface area contributed by atoms with Crippen LogP contribution in [0.5, 0.6) is 0 Å². The molecule has 3 nitrogen and oxygen atoms in total. The monoisotopic (exact) mass is 354 g/mol. The van der Waals surface area contributed by atoms with Crippen LogP contribution in [0, 0.1) is 11.8 Å². The second-order valence-electron chi connectivity index (χ2n) is 8.58. The van der Waals surface area contributed by atoms with E-state index in [1.54, 1.807) is 0 Å². The Labute approximate surface area is 158 Å². The van der Waals surface area contributed by atoms with Crippen LogP contribution in [0.3, 0.4) is 0 Å². The largest absolute Gasteiger partial charge is 0.474 e. The molecule has 2 fully saturated rings. The Balaban J connectivity index is 1.61. The van der Waals surface area contributed by atoms with E-state index in [-0.39, 0.29) is 0 Å². The van der Waals surface area contributed by atoms with Gasteiger partial charge in [0.2, 0.25) is 5.90 Å². The number of ether oxygens (including phenoxy) is 1. The lowest BCUT2D eigenvalue weighted by Gasteiger charge is -2.37. The molecule has 1 atom stereocenters. The average molecular weight is 355 g/mol. The molecule has 2 saturated carbocycles. The van der Waals surface area contributed by atoms with Gasteiger partial charge >= 0.3 is 0 Å². The Morgan fingerprint density at radius 3 is 2.19 bits per heavy atom. The van der Waals surface area contributed by atoms with Crippen molar-refractivity contribution in [2.45, 2.75) is 89.5 Å². The lowest BCUT2D eigenvalue weighted by atomic mass is 9.68. The lowest BCUT2D eigenvalue weighted by Crippen LogP contribution is -2.26. The van der Waals surface area contributed by atoms with Gasteiger partial charge in [0.1, 0.15) is 12.3 Å². The number of aromatic nitrogens is 1. The van der Waals surface area contributed by atoms with Crippen molar-refractivity contribution in [2.24, 2.45) is 16.8 Å². The average Bonchev–Trinajstić information content (AvgIpc) is 3.20. The molecule has 1 aromatic heterocycles. The highest BCUT2D eigenvalue weighted by molar-refractivity contribution is 5.93. The minimum atomic E-state index is 0.308. The van der Waals surface area contributed by atoms with Crippen LogP contribution in [0.4, 0.5) is 0 Å². The van der Waals surface area contributed by atoms with Crippen molar-refractivity contribution in [3.8, 4) is 0 Å². The van der Waals surface area contributed by atoms with Gasteiger partial charge in [0.05, 0.1) is 6.04 Å². The molecule has 2 aliphatic carbocycles. The Bertz CT molecular complexity index is 596. The number of hydrogen-bond donors (Lipinski definition) is 0. The van der Waals surface area contributed by atoms with Gasteiger partial charge in [-0.1, -0.05) is 51.5 Å². The third-order valence-electron chi connectivity index (χ3n) is 6.83. The molecule has 0 radical (unpaired) electrons. The summed E-state index contributed by atoms with van der Waals surface area (Å²) in [6.45, 7) is 2.89. The zero-order valence-electron chi connectivity index (χ0n) is 16.3. The Morgan fingerprint density at radius 1 is 0.962 bits per heavy atom. The van der Waals surface area contributed by atoms with Crippen LogP contribution in [0.25, 0.3) is 0 Å². The zero-order valence-corrected chi connectivity index (χ0v) is 16.3. The number of rotatable bonds is 5. The standard InChI is InChI=1S/C23H34N2O/c1-2-19-16-26-23(24-19)21-15-9-14-20(25-21)22(17-10-5-3-6-11-17)18-12-7-4-8-13-18/h9,14-15,17-19,22H,2-8,10-13,16H2,1H3/t19-/m0/s1. The molecule has 0 unspecified atom stereocenters. The van der Waals surface area contributed by atoms with E-state index >= 15 is 0 Å². The van der Waals surface area contributed by atoms with E-state index in [0.29, 0.717) is 18.6 Å². The van der Waals surface area contributed by atoms with Gasteiger partial charge in [-0.25, -0.2) is 9.98 Å². The van der Waals surface area contributed by atoms with Crippen LogP contribution in [0.2, 0.25) is 0 Å². The summed E-state index contributed by atoms with van der Waals surface area (Å²) in [5.74, 6) is 3.05. The molecular weight excluding hydrogens is 320 g/mol. The van der Waals surface area contributed by atoms with Gasteiger partial charge in [0, 0.05) is 11.6 Å². The molecule has 2 heterocycles. The van der Waals surface area contributed by atoms with E-state index in [2.05, 4.69) is 25.1 Å². The number of nitrogens with zero attached hydrogens (tertiary/aromatic N) is 2. The van der Waals surface area contributed by atoms with Crippen LogP contribution in [0.15, 0.2) is 23.2 Å². The van der Waals surface area contributed by atoms with Gasteiger partial charge in [0.15, 0.2) is 0 Å². The summed E-state index contributed by atoms with van der Waals surface area (Å²) in [5, 5.41) is 0. The summed E-state index contributed by atoms with van der Waals surface area (Å²) < 4.78 is 5.86. The van der Waals surface area contributed by atoms with Crippen LogP contribution >= 0.6 is 0 Å². The third-order valence-corrected chi connectivity index (χ3v) is 6.83. The molecule has 1 aromatic rings. The Kier molecular flexibility index (Phi) is 5.91. The van der Waals surface area contributed by atoms with E-state index in [0.717, 1.165) is 29.8 Å². The number of aliphatic imine (C=N–C) groups is 1. The van der Waals surface area contributed by atoms with Crippen LogP contribution in [-0.4, -0.2) is 23.5 Å². The first-order valence-electron chi connectivity index (χ1n) is 11.0. The predicted octanol–water partition coefficient (Wildman–Crippen LogP) is 5.88. The highest BCUT2D eigenvalue weighted by Gasteiger charge is 2.34. The van der Waals surface area contributed by atoms with Gasteiger partial charge in [-0.2, -0.15) is 0 Å². The van der Waals surface area contributed by atoms with Gasteiger partial charge < -0.3 is 4.74 Å². The van der Waals surface area contributed by atoms with Gasteiger partial charge in [-0.05, 0) is 56.1 Å². The van der Waals surface area contributed by atoms with E-state index in [1.807, 2.05) is 0 Å². The van der Waals surface area contributed by atoms with Gasteiger partial charge in [-0.3, -0.25) is 0 Å². The smallest absolute Gasteiger partial charge is 0.235 e. The molecule has 0 saturated heterocycles.